The lowest BCUT2D eigenvalue weighted by atomic mass is 10.1. The lowest BCUT2D eigenvalue weighted by Crippen LogP contribution is -2.52. The largest absolute Gasteiger partial charge is 0.416 e. The fourth-order valence-electron chi connectivity index (χ4n) is 4.04. The van der Waals surface area contributed by atoms with Crippen molar-refractivity contribution in [3.8, 4) is 0 Å². The summed E-state index contributed by atoms with van der Waals surface area (Å²) in [7, 11) is -4.54. The van der Waals surface area contributed by atoms with E-state index in [1.54, 1.807) is 13.8 Å². The molecule has 3 aromatic carbocycles. The minimum atomic E-state index is -4.77. The van der Waals surface area contributed by atoms with E-state index in [1.165, 1.54) is 55.5 Å². The molecule has 0 fully saturated rings. The number of alkyl halides is 3. The normalized spacial score (nSPS) is 13.2. The van der Waals surface area contributed by atoms with E-state index >= 15 is 0 Å². The Morgan fingerprint density at radius 3 is 2.14 bits per heavy atom. The molecule has 42 heavy (non-hydrogen) atoms. The van der Waals surface area contributed by atoms with Gasteiger partial charge in [-0.1, -0.05) is 42.8 Å². The van der Waals surface area contributed by atoms with Crippen molar-refractivity contribution in [3.05, 3.63) is 95.3 Å². The molecule has 3 rings (SSSR count). The summed E-state index contributed by atoms with van der Waals surface area (Å²) >= 11 is 0. The number of anilines is 1. The van der Waals surface area contributed by atoms with E-state index in [9.17, 15) is 35.6 Å². The monoisotopic (exact) mass is 607 g/mol. The summed E-state index contributed by atoms with van der Waals surface area (Å²) in [4.78, 5) is 27.8. The maximum Gasteiger partial charge on any atom is 0.416 e. The molecule has 3 aromatic rings. The van der Waals surface area contributed by atoms with E-state index in [0.717, 1.165) is 28.7 Å². The molecule has 0 aliphatic heterocycles. The molecule has 12 heteroatoms. The van der Waals surface area contributed by atoms with Crippen LogP contribution < -0.4 is 9.62 Å². The van der Waals surface area contributed by atoms with Gasteiger partial charge in [0, 0.05) is 12.6 Å². The smallest absolute Gasteiger partial charge is 0.352 e. The second-order valence-corrected chi connectivity index (χ2v) is 11.9. The van der Waals surface area contributed by atoms with E-state index < -0.39 is 52.0 Å². The summed E-state index contributed by atoms with van der Waals surface area (Å²) in [6, 6.07) is 13.2. The Bertz CT molecular complexity index is 1490. The highest BCUT2D eigenvalue weighted by molar-refractivity contribution is 7.92. The SMILES string of the molecule is CC[C@H](C)NC(=O)[C@@H](C)N(Cc1ccc(F)cc1)C(=O)CN(c1cccc(C(F)(F)F)c1)S(=O)(=O)c1ccc(C)cc1. The number of carbonyl (C=O) groups excluding carboxylic acids is 2. The summed E-state index contributed by atoms with van der Waals surface area (Å²) in [5.74, 6) is -1.87. The van der Waals surface area contributed by atoms with Crippen LogP contribution >= 0.6 is 0 Å². The third-order valence-corrected chi connectivity index (χ3v) is 8.57. The van der Waals surface area contributed by atoms with Gasteiger partial charge in [-0.25, -0.2) is 12.8 Å². The van der Waals surface area contributed by atoms with Gasteiger partial charge in [-0.2, -0.15) is 13.2 Å². The number of carbonyl (C=O) groups is 2. The Morgan fingerprint density at radius 2 is 1.57 bits per heavy atom. The van der Waals surface area contributed by atoms with Crippen molar-refractivity contribution in [1.82, 2.24) is 10.2 Å². The molecule has 226 valence electrons. The van der Waals surface area contributed by atoms with Crippen molar-refractivity contribution in [1.29, 1.82) is 0 Å². The van der Waals surface area contributed by atoms with Crippen LogP contribution in [0.1, 0.15) is 43.9 Å². The van der Waals surface area contributed by atoms with Crippen LogP contribution in [0.4, 0.5) is 23.2 Å². The molecule has 0 aliphatic rings. The Morgan fingerprint density at radius 1 is 0.952 bits per heavy atom. The number of rotatable bonds is 11. The van der Waals surface area contributed by atoms with Crippen molar-refractivity contribution in [2.45, 2.75) is 63.8 Å². The lowest BCUT2D eigenvalue weighted by Gasteiger charge is -2.32. The van der Waals surface area contributed by atoms with Crippen LogP contribution in [0, 0.1) is 12.7 Å². The molecular formula is C30H33F4N3O4S. The van der Waals surface area contributed by atoms with Gasteiger partial charge in [-0.05, 0) is 75.2 Å². The zero-order valence-corrected chi connectivity index (χ0v) is 24.5. The fraction of sp³-hybridized carbons (Fsp3) is 0.333. The molecule has 0 saturated heterocycles. The minimum absolute atomic E-state index is 0.185. The second kappa shape index (κ2) is 13.4. The van der Waals surface area contributed by atoms with E-state index in [-0.39, 0.29) is 23.2 Å². The number of nitrogens with zero attached hydrogens (tertiary/aromatic N) is 2. The van der Waals surface area contributed by atoms with Crippen molar-refractivity contribution in [3.63, 3.8) is 0 Å². The Kier molecular flexibility index (Phi) is 10.4. The van der Waals surface area contributed by atoms with Gasteiger partial charge in [-0.15, -0.1) is 0 Å². The molecule has 0 radical (unpaired) electrons. The van der Waals surface area contributed by atoms with Gasteiger partial charge in [-0.3, -0.25) is 13.9 Å². The molecule has 0 bridgehead atoms. The number of halogens is 4. The van der Waals surface area contributed by atoms with Gasteiger partial charge >= 0.3 is 6.18 Å². The summed E-state index contributed by atoms with van der Waals surface area (Å²) < 4.78 is 82.5. The summed E-state index contributed by atoms with van der Waals surface area (Å²) in [6.07, 6.45) is -4.15. The molecule has 7 nitrogen and oxygen atoms in total. The topological polar surface area (TPSA) is 86.8 Å². The molecule has 1 N–H and O–H groups in total. The summed E-state index contributed by atoms with van der Waals surface area (Å²) in [5.41, 5.74) is -0.263. The number of hydrogen-bond donors (Lipinski definition) is 1. The maximum atomic E-state index is 13.9. The van der Waals surface area contributed by atoms with Crippen LogP contribution in [0.2, 0.25) is 0 Å². The molecule has 0 aliphatic carbocycles. The molecule has 0 heterocycles. The van der Waals surface area contributed by atoms with Gasteiger partial charge in [0.15, 0.2) is 0 Å². The number of aryl methyl sites for hydroxylation is 1. The fourth-order valence-corrected chi connectivity index (χ4v) is 5.44. The number of sulfonamides is 1. The van der Waals surface area contributed by atoms with Crippen molar-refractivity contribution >= 4 is 27.5 Å². The van der Waals surface area contributed by atoms with Gasteiger partial charge in [0.1, 0.15) is 18.4 Å². The number of nitrogens with one attached hydrogen (secondary N) is 1. The third kappa shape index (κ3) is 8.09. The van der Waals surface area contributed by atoms with E-state index in [2.05, 4.69) is 5.32 Å². The minimum Gasteiger partial charge on any atom is -0.352 e. The highest BCUT2D eigenvalue weighted by atomic mass is 32.2. The zero-order valence-electron chi connectivity index (χ0n) is 23.7. The van der Waals surface area contributed by atoms with Crippen molar-refractivity contribution in [2.24, 2.45) is 0 Å². The van der Waals surface area contributed by atoms with Crippen LogP contribution in [-0.4, -0.2) is 43.8 Å². The number of amides is 2. The molecular weight excluding hydrogens is 574 g/mol. The van der Waals surface area contributed by atoms with Gasteiger partial charge < -0.3 is 10.2 Å². The first kappa shape index (κ1) is 32.6. The highest BCUT2D eigenvalue weighted by Gasteiger charge is 2.35. The van der Waals surface area contributed by atoms with Crippen LogP contribution in [0.3, 0.4) is 0 Å². The van der Waals surface area contributed by atoms with Crippen LogP contribution in [-0.2, 0) is 32.3 Å². The predicted molar refractivity (Wildman–Crippen MR) is 151 cm³/mol. The highest BCUT2D eigenvalue weighted by Crippen LogP contribution is 2.33. The summed E-state index contributed by atoms with van der Waals surface area (Å²) in [6.45, 7) is 5.75. The zero-order chi connectivity index (χ0) is 31.2. The van der Waals surface area contributed by atoms with Crippen molar-refractivity contribution < 1.29 is 35.6 Å². The number of benzene rings is 3. The second-order valence-electron chi connectivity index (χ2n) is 10.0. The van der Waals surface area contributed by atoms with Crippen LogP contribution in [0.25, 0.3) is 0 Å². The first-order valence-corrected chi connectivity index (χ1v) is 14.7. The Balaban J connectivity index is 2.08. The average Bonchev–Trinajstić information content (AvgIpc) is 2.94. The van der Waals surface area contributed by atoms with E-state index in [4.69, 9.17) is 0 Å². The van der Waals surface area contributed by atoms with Crippen LogP contribution in [0.5, 0.6) is 0 Å². The standard InChI is InChI=1S/C30H33F4N3O4S/c1-5-21(3)35-29(39)22(4)36(18-23-11-13-25(31)14-12-23)28(38)19-37(26-8-6-7-24(17-26)30(32,33)34)42(40,41)27-15-9-20(2)10-16-27/h6-17,21-22H,5,18-19H2,1-4H3,(H,35,39)/t21-,22+/m0/s1. The predicted octanol–water partition coefficient (Wildman–Crippen LogP) is 5.68. The third-order valence-electron chi connectivity index (χ3n) is 6.78. The average molecular weight is 608 g/mol. The maximum absolute atomic E-state index is 13.9. The first-order chi connectivity index (χ1) is 19.6. The van der Waals surface area contributed by atoms with Crippen LogP contribution in [0.15, 0.2) is 77.7 Å². The van der Waals surface area contributed by atoms with Crippen molar-refractivity contribution in [2.75, 3.05) is 10.8 Å². The number of hydrogen-bond acceptors (Lipinski definition) is 4. The quantitative estimate of drug-likeness (QED) is 0.284. The van der Waals surface area contributed by atoms with Gasteiger partial charge in [0.2, 0.25) is 11.8 Å². The molecule has 2 atom stereocenters. The Labute approximate surface area is 243 Å². The molecule has 0 aromatic heterocycles. The van der Waals surface area contributed by atoms with Gasteiger partial charge in [0.05, 0.1) is 16.1 Å². The summed E-state index contributed by atoms with van der Waals surface area (Å²) in [5, 5.41) is 2.78. The molecule has 0 unspecified atom stereocenters. The lowest BCUT2D eigenvalue weighted by molar-refractivity contribution is -0.139. The molecule has 0 saturated carbocycles. The Hall–Kier alpha value is -3.93. The molecule has 0 spiro atoms. The van der Waals surface area contributed by atoms with E-state index in [1.807, 2.05) is 6.92 Å². The molecule has 2 amide bonds. The van der Waals surface area contributed by atoms with Gasteiger partial charge in [0.25, 0.3) is 10.0 Å². The first-order valence-electron chi connectivity index (χ1n) is 13.2. The van der Waals surface area contributed by atoms with E-state index in [0.29, 0.717) is 22.4 Å².